The molecular weight excluding hydrogens is 604 g/mol. The molecule has 4 N–H and O–H groups in total. The van der Waals surface area contributed by atoms with Crippen LogP contribution in [0.1, 0.15) is 29.4 Å². The van der Waals surface area contributed by atoms with E-state index in [9.17, 15) is 8.42 Å². The molecule has 0 unspecified atom stereocenters. The Morgan fingerprint density at radius 1 is 1.09 bits per heavy atom. The van der Waals surface area contributed by atoms with Crippen LogP contribution in [0.15, 0.2) is 36.5 Å². The van der Waals surface area contributed by atoms with Crippen molar-refractivity contribution in [3.05, 3.63) is 47.1 Å². The van der Waals surface area contributed by atoms with Crippen LogP contribution in [0.3, 0.4) is 0 Å². The lowest BCUT2D eigenvalue weighted by Gasteiger charge is -2.41. The van der Waals surface area contributed by atoms with Crippen molar-refractivity contribution in [3.8, 4) is 11.5 Å². The highest BCUT2D eigenvalue weighted by Crippen LogP contribution is 2.39. The van der Waals surface area contributed by atoms with Gasteiger partial charge in [0.2, 0.25) is 16.0 Å². The standard InChI is InChI=1S/C30H41ClN8O4S/c1-5-20-17-24(27(43-3)18-25(20)39-13-9-21(10-14-39)38-15-11-32-12-16-38)35-30-33-19-22(31)29(36-30)34-23-7-6-8-26(42-2)28(23)37-44(4,40)41/h6-8,17-19,21,32,37H,5,9-16H2,1-4H3,(H2,33,34,35,36)/i3D3. The molecule has 0 atom stereocenters. The van der Waals surface area contributed by atoms with Crippen LogP contribution < -0.4 is 35.0 Å². The summed E-state index contributed by atoms with van der Waals surface area (Å²) in [5.74, 6) is 0.712. The lowest BCUT2D eigenvalue weighted by Crippen LogP contribution is -2.52. The van der Waals surface area contributed by atoms with E-state index < -0.39 is 17.1 Å². The summed E-state index contributed by atoms with van der Waals surface area (Å²) in [4.78, 5) is 13.7. The van der Waals surface area contributed by atoms with E-state index in [4.69, 9.17) is 25.2 Å². The van der Waals surface area contributed by atoms with Crippen molar-refractivity contribution in [2.24, 2.45) is 0 Å². The molecule has 0 spiro atoms. The fourth-order valence-corrected chi connectivity index (χ4v) is 6.47. The van der Waals surface area contributed by atoms with Gasteiger partial charge in [-0.05, 0) is 43.0 Å². The Kier molecular flexibility index (Phi) is 8.94. The molecule has 2 aliphatic heterocycles. The first-order valence-corrected chi connectivity index (χ1v) is 16.9. The van der Waals surface area contributed by atoms with Crippen molar-refractivity contribution in [1.29, 1.82) is 0 Å². The maximum Gasteiger partial charge on any atom is 0.230 e. The molecule has 0 saturated carbocycles. The summed E-state index contributed by atoms with van der Waals surface area (Å²) in [5, 5.41) is 9.75. The fraction of sp³-hybridized carbons (Fsp3) is 0.467. The summed E-state index contributed by atoms with van der Waals surface area (Å²) < 4.78 is 61.0. The average Bonchev–Trinajstić information content (AvgIpc) is 3.03. The van der Waals surface area contributed by atoms with E-state index in [0.717, 1.165) is 69.6 Å². The van der Waals surface area contributed by atoms with Crippen LogP contribution in [0.2, 0.25) is 5.02 Å². The van der Waals surface area contributed by atoms with Crippen LogP contribution in [-0.2, 0) is 16.4 Å². The molecule has 12 nitrogen and oxygen atoms in total. The van der Waals surface area contributed by atoms with Gasteiger partial charge in [0.05, 0.1) is 42.1 Å². The number of nitrogens with one attached hydrogen (secondary N) is 4. The van der Waals surface area contributed by atoms with Crippen molar-refractivity contribution in [1.82, 2.24) is 20.2 Å². The second-order valence-corrected chi connectivity index (χ2v) is 13.0. The molecule has 3 heterocycles. The maximum atomic E-state index is 12.1. The third kappa shape index (κ3) is 7.57. The van der Waals surface area contributed by atoms with Crippen LogP contribution in [0.25, 0.3) is 0 Å². The molecule has 5 rings (SSSR count). The monoisotopic (exact) mass is 647 g/mol. The molecule has 14 heteroatoms. The third-order valence-electron chi connectivity index (χ3n) is 7.92. The zero-order valence-electron chi connectivity index (χ0n) is 28.1. The van der Waals surface area contributed by atoms with Crippen LogP contribution in [0, 0.1) is 0 Å². The Balaban J connectivity index is 1.42. The number of hydrogen-bond acceptors (Lipinski definition) is 11. The van der Waals surface area contributed by atoms with E-state index in [-0.39, 0.29) is 34.0 Å². The quantitative estimate of drug-likeness (QED) is 0.235. The number of para-hydroxylation sites is 1. The van der Waals surface area contributed by atoms with E-state index in [0.29, 0.717) is 23.8 Å². The summed E-state index contributed by atoms with van der Waals surface area (Å²) in [6, 6.07) is 9.14. The molecule has 0 bridgehead atoms. The summed E-state index contributed by atoms with van der Waals surface area (Å²) in [5.41, 5.74) is 2.86. The molecule has 238 valence electrons. The molecule has 2 aromatic carbocycles. The smallest absolute Gasteiger partial charge is 0.230 e. The van der Waals surface area contributed by atoms with Gasteiger partial charge in [0, 0.05) is 57.1 Å². The van der Waals surface area contributed by atoms with Gasteiger partial charge in [-0.2, -0.15) is 4.98 Å². The van der Waals surface area contributed by atoms with E-state index in [1.807, 2.05) is 6.07 Å². The van der Waals surface area contributed by atoms with Gasteiger partial charge in [-0.1, -0.05) is 24.6 Å². The van der Waals surface area contributed by atoms with Crippen LogP contribution in [0.5, 0.6) is 11.5 Å². The Morgan fingerprint density at radius 2 is 1.86 bits per heavy atom. The SMILES string of the molecule is [2H]C([2H])([2H])Oc1cc(N2CCC(N3CCNCC3)CC2)c(CC)cc1Nc1ncc(Cl)c(Nc2cccc(OC)c2NS(C)(=O)=O)n1. The number of rotatable bonds is 11. The lowest BCUT2D eigenvalue weighted by molar-refractivity contribution is 0.150. The van der Waals surface area contributed by atoms with Crippen molar-refractivity contribution in [2.75, 3.05) is 79.9 Å². The molecule has 3 aromatic rings. The minimum absolute atomic E-state index is 0.111. The van der Waals surface area contributed by atoms with Crippen LogP contribution >= 0.6 is 11.6 Å². The Bertz CT molecular complexity index is 1670. The number of aromatic nitrogens is 2. The second kappa shape index (κ2) is 14.1. The predicted octanol–water partition coefficient (Wildman–Crippen LogP) is 4.44. The van der Waals surface area contributed by atoms with Crippen molar-refractivity contribution in [3.63, 3.8) is 0 Å². The molecule has 0 radical (unpaired) electrons. The topological polar surface area (TPSA) is 133 Å². The number of nitrogens with zero attached hydrogens (tertiary/aromatic N) is 4. The largest absolute Gasteiger partial charge is 0.494 e. The van der Waals surface area contributed by atoms with Crippen LogP contribution in [0.4, 0.5) is 34.5 Å². The van der Waals surface area contributed by atoms with Gasteiger partial charge in [-0.15, -0.1) is 0 Å². The Labute approximate surface area is 268 Å². The van der Waals surface area contributed by atoms with Gasteiger partial charge in [0.15, 0.2) is 5.82 Å². The predicted molar refractivity (Wildman–Crippen MR) is 177 cm³/mol. The highest BCUT2D eigenvalue weighted by atomic mass is 35.5. The minimum atomic E-state index is -3.65. The van der Waals surface area contributed by atoms with E-state index >= 15 is 0 Å². The molecule has 2 saturated heterocycles. The van der Waals surface area contributed by atoms with Crippen molar-refractivity contribution < 1.29 is 22.0 Å². The van der Waals surface area contributed by atoms with Gasteiger partial charge < -0.3 is 30.3 Å². The van der Waals surface area contributed by atoms with Crippen molar-refractivity contribution in [2.45, 2.75) is 32.2 Å². The normalized spacial score (nSPS) is 17.7. The van der Waals surface area contributed by atoms with E-state index in [1.54, 1.807) is 24.3 Å². The second-order valence-electron chi connectivity index (χ2n) is 10.8. The highest BCUT2D eigenvalue weighted by Gasteiger charge is 2.27. The summed E-state index contributed by atoms with van der Waals surface area (Å²) in [6.07, 6.45) is 5.18. The number of hydrogen-bond donors (Lipinski definition) is 4. The zero-order valence-corrected chi connectivity index (χ0v) is 26.7. The van der Waals surface area contributed by atoms with Gasteiger partial charge in [0.25, 0.3) is 0 Å². The maximum absolute atomic E-state index is 12.1. The highest BCUT2D eigenvalue weighted by molar-refractivity contribution is 7.92. The number of piperidine rings is 1. The first kappa shape index (κ1) is 28.0. The molecule has 2 fully saturated rings. The van der Waals surface area contributed by atoms with Gasteiger partial charge in [0.1, 0.15) is 22.2 Å². The average molecular weight is 648 g/mol. The minimum Gasteiger partial charge on any atom is -0.494 e. The summed E-state index contributed by atoms with van der Waals surface area (Å²) in [6.45, 7) is 7.92. The van der Waals surface area contributed by atoms with Gasteiger partial charge in [-0.25, -0.2) is 13.4 Å². The first-order valence-electron chi connectivity index (χ1n) is 16.1. The molecule has 0 aliphatic carbocycles. The van der Waals surface area contributed by atoms with Gasteiger partial charge in [-0.3, -0.25) is 9.62 Å². The number of ether oxygens (including phenoxy) is 2. The molecular formula is C30H41ClN8O4S. The lowest BCUT2D eigenvalue weighted by atomic mass is 9.99. The summed E-state index contributed by atoms with van der Waals surface area (Å²) in [7, 11) is -4.91. The third-order valence-corrected chi connectivity index (χ3v) is 8.77. The number of benzene rings is 2. The number of anilines is 6. The number of aryl methyl sites for hydroxylation is 1. The number of piperazine rings is 1. The molecule has 44 heavy (non-hydrogen) atoms. The van der Waals surface area contributed by atoms with E-state index in [1.165, 1.54) is 13.3 Å². The number of sulfonamides is 1. The first-order chi connectivity index (χ1) is 22.3. The number of halogens is 1. The Morgan fingerprint density at radius 3 is 2.55 bits per heavy atom. The molecule has 2 aliphatic rings. The Hall–Kier alpha value is -3.52. The summed E-state index contributed by atoms with van der Waals surface area (Å²) >= 11 is 6.44. The zero-order chi connectivity index (χ0) is 33.8. The van der Waals surface area contributed by atoms with Gasteiger partial charge >= 0.3 is 0 Å². The number of methoxy groups -OCH3 is 2. The molecule has 1 aromatic heterocycles. The molecule has 0 amide bonds. The van der Waals surface area contributed by atoms with Crippen LogP contribution in [-0.4, -0.2) is 89.0 Å². The van der Waals surface area contributed by atoms with E-state index in [2.05, 4.69) is 47.4 Å². The van der Waals surface area contributed by atoms with Crippen molar-refractivity contribution >= 4 is 56.1 Å². The fourth-order valence-electron chi connectivity index (χ4n) is 5.75.